The highest BCUT2D eigenvalue weighted by molar-refractivity contribution is 6.25. The number of fused-ring (bicyclic) bond motifs is 2. The minimum Gasteiger partial charge on any atom is -0.497 e. The van der Waals surface area contributed by atoms with Gasteiger partial charge < -0.3 is 9.47 Å². The van der Waals surface area contributed by atoms with Crippen molar-refractivity contribution < 1.29 is 23.9 Å². The molecule has 0 spiro atoms. The molecular formula is C35H34N6O5. The summed E-state index contributed by atoms with van der Waals surface area (Å²) in [6.07, 6.45) is 4.79. The lowest BCUT2D eigenvalue weighted by atomic mass is 9.77. The number of hydrazone groups is 1. The summed E-state index contributed by atoms with van der Waals surface area (Å²) in [6.45, 7) is 1.68. The molecule has 46 heavy (non-hydrogen) atoms. The molecule has 0 bridgehead atoms. The Bertz CT molecular complexity index is 1770. The van der Waals surface area contributed by atoms with Gasteiger partial charge in [0, 0.05) is 5.92 Å². The molecule has 0 aromatic heterocycles. The maximum absolute atomic E-state index is 14.2. The van der Waals surface area contributed by atoms with Crippen molar-refractivity contribution in [2.24, 2.45) is 21.4 Å². The maximum Gasteiger partial charge on any atom is 0.264 e. The van der Waals surface area contributed by atoms with Crippen molar-refractivity contribution in [3.05, 3.63) is 95.1 Å². The molecule has 1 aliphatic carbocycles. The summed E-state index contributed by atoms with van der Waals surface area (Å²) in [5, 5.41) is 16.1. The Hall–Kier alpha value is -5.32. The zero-order chi connectivity index (χ0) is 31.9. The summed E-state index contributed by atoms with van der Waals surface area (Å²) in [5.41, 5.74) is 5.41. The van der Waals surface area contributed by atoms with E-state index in [0.717, 1.165) is 63.6 Å². The first kappa shape index (κ1) is 29.4. The third kappa shape index (κ3) is 5.11. The van der Waals surface area contributed by atoms with Crippen LogP contribution in [0, 0.1) is 12.8 Å². The minimum atomic E-state index is -0.995. The van der Waals surface area contributed by atoms with Crippen molar-refractivity contribution >= 4 is 35.2 Å². The fourth-order valence-electron chi connectivity index (χ4n) is 6.76. The number of anilines is 1. The minimum absolute atomic E-state index is 0.0183. The van der Waals surface area contributed by atoms with Gasteiger partial charge in [-0.25, -0.2) is 9.91 Å². The Morgan fingerprint density at radius 2 is 1.57 bits per heavy atom. The summed E-state index contributed by atoms with van der Waals surface area (Å²) in [7, 11) is 3.26. The standard InChI is InChI=1S/C35H34N6O5/c1-21-7-13-25(14-8-21)40-34(43)31-33(35(40)44)39(38-36-31)20-29(42)41-32(23-11-17-27(46-3)18-12-23)28-6-4-5-24(30(28)37-41)19-22-9-15-26(45-2)16-10-22/h7-19,28,31-33H,4-6,20H2,1-3H3/b24-19+/t28-,31-,32-,33-/m1/s1. The normalized spacial score (nSPS) is 24.4. The molecule has 234 valence electrons. The maximum atomic E-state index is 14.2. The van der Waals surface area contributed by atoms with Crippen molar-refractivity contribution in [1.82, 2.24) is 10.0 Å². The molecule has 2 fully saturated rings. The molecule has 0 radical (unpaired) electrons. The number of rotatable bonds is 7. The number of aryl methyl sites for hydroxylation is 1. The van der Waals surface area contributed by atoms with Crippen molar-refractivity contribution in [3.63, 3.8) is 0 Å². The van der Waals surface area contributed by atoms with Crippen molar-refractivity contribution in [2.75, 3.05) is 25.7 Å². The molecular weight excluding hydrogens is 584 g/mol. The summed E-state index contributed by atoms with van der Waals surface area (Å²) in [5.74, 6) is 0.249. The second-order valence-electron chi connectivity index (χ2n) is 11.9. The third-order valence-electron chi connectivity index (χ3n) is 9.12. The van der Waals surface area contributed by atoms with Gasteiger partial charge in [0.1, 0.15) is 18.0 Å². The van der Waals surface area contributed by atoms with Crippen LogP contribution < -0.4 is 14.4 Å². The van der Waals surface area contributed by atoms with Crippen LogP contribution in [-0.2, 0) is 14.4 Å². The number of carbonyl (C=O) groups is 3. The molecule has 0 unspecified atom stereocenters. The fraction of sp³-hybridized carbons (Fsp3) is 0.314. The van der Waals surface area contributed by atoms with E-state index >= 15 is 0 Å². The number of amides is 3. The van der Waals surface area contributed by atoms with E-state index in [0.29, 0.717) is 5.69 Å². The van der Waals surface area contributed by atoms with Gasteiger partial charge in [0.2, 0.25) is 0 Å². The van der Waals surface area contributed by atoms with E-state index in [4.69, 9.17) is 14.6 Å². The molecule has 1 saturated carbocycles. The van der Waals surface area contributed by atoms with Crippen LogP contribution in [0.25, 0.3) is 6.08 Å². The average Bonchev–Trinajstić information content (AvgIpc) is 3.75. The largest absolute Gasteiger partial charge is 0.497 e. The van der Waals surface area contributed by atoms with Crippen LogP contribution in [0.3, 0.4) is 0 Å². The lowest BCUT2D eigenvalue weighted by molar-refractivity contribution is -0.136. The highest BCUT2D eigenvalue weighted by Crippen LogP contribution is 2.45. The van der Waals surface area contributed by atoms with E-state index in [-0.39, 0.29) is 24.4 Å². The quantitative estimate of drug-likeness (QED) is 0.339. The van der Waals surface area contributed by atoms with Crippen LogP contribution in [0.15, 0.2) is 93.8 Å². The SMILES string of the molecule is COc1ccc(/C=C2\CCC[C@@H]3C2=NN(C(=O)CN2N=N[C@H]4C(=O)N(c5ccc(C)cc5)C(=O)[C@@H]42)[C@@H]3c2ccc(OC)cc2)cc1. The number of allylic oxidation sites excluding steroid dienone is 1. The van der Waals surface area contributed by atoms with Crippen molar-refractivity contribution in [3.8, 4) is 11.5 Å². The summed E-state index contributed by atoms with van der Waals surface area (Å²) in [4.78, 5) is 42.1. The molecule has 0 N–H and O–H groups in total. The number of hydrogen-bond acceptors (Lipinski definition) is 9. The third-order valence-corrected chi connectivity index (χ3v) is 9.12. The van der Waals surface area contributed by atoms with Crippen LogP contribution in [0.2, 0.25) is 0 Å². The molecule has 4 aliphatic rings. The highest BCUT2D eigenvalue weighted by Gasteiger charge is 2.55. The van der Waals surface area contributed by atoms with Crippen LogP contribution in [-0.4, -0.2) is 66.3 Å². The molecule has 1 saturated heterocycles. The van der Waals surface area contributed by atoms with Gasteiger partial charge in [-0.3, -0.25) is 19.4 Å². The van der Waals surface area contributed by atoms with Crippen molar-refractivity contribution in [1.29, 1.82) is 0 Å². The van der Waals surface area contributed by atoms with Gasteiger partial charge in [-0.1, -0.05) is 47.2 Å². The highest BCUT2D eigenvalue weighted by atomic mass is 16.5. The monoisotopic (exact) mass is 618 g/mol. The van der Waals surface area contributed by atoms with Gasteiger partial charge in [-0.05, 0) is 85.4 Å². The molecule has 11 nitrogen and oxygen atoms in total. The average molecular weight is 619 g/mol. The number of nitrogens with zero attached hydrogens (tertiary/aromatic N) is 6. The predicted octanol–water partition coefficient (Wildman–Crippen LogP) is 5.13. The summed E-state index contributed by atoms with van der Waals surface area (Å²) < 4.78 is 10.7. The summed E-state index contributed by atoms with van der Waals surface area (Å²) >= 11 is 0. The molecule has 3 aromatic rings. The van der Waals surface area contributed by atoms with Crippen LogP contribution >= 0.6 is 0 Å². The second-order valence-corrected chi connectivity index (χ2v) is 11.9. The smallest absolute Gasteiger partial charge is 0.264 e. The molecule has 3 aromatic carbocycles. The van der Waals surface area contributed by atoms with E-state index in [1.165, 1.54) is 10.0 Å². The number of ether oxygens (including phenoxy) is 2. The first-order chi connectivity index (χ1) is 22.4. The topological polar surface area (TPSA) is 116 Å². The van der Waals surface area contributed by atoms with E-state index < -0.39 is 23.9 Å². The first-order valence-corrected chi connectivity index (χ1v) is 15.4. The van der Waals surface area contributed by atoms with Gasteiger partial charge in [0.25, 0.3) is 17.7 Å². The van der Waals surface area contributed by atoms with Gasteiger partial charge in [-0.2, -0.15) is 10.2 Å². The Balaban J connectivity index is 1.18. The molecule has 3 amide bonds. The zero-order valence-corrected chi connectivity index (χ0v) is 25.9. The van der Waals surface area contributed by atoms with Crippen molar-refractivity contribution in [2.45, 2.75) is 44.3 Å². The van der Waals surface area contributed by atoms with Gasteiger partial charge in [0.15, 0.2) is 12.1 Å². The molecule has 3 aliphatic heterocycles. The Morgan fingerprint density at radius 3 is 2.24 bits per heavy atom. The van der Waals surface area contributed by atoms with E-state index in [9.17, 15) is 14.4 Å². The number of benzene rings is 3. The molecule has 4 atom stereocenters. The van der Waals surface area contributed by atoms with Crippen LogP contribution in [0.4, 0.5) is 5.69 Å². The second kappa shape index (κ2) is 11.9. The lowest BCUT2D eigenvalue weighted by Gasteiger charge is -2.30. The van der Waals surface area contributed by atoms with E-state index in [1.807, 2.05) is 67.6 Å². The Morgan fingerprint density at radius 1 is 0.891 bits per heavy atom. The number of methoxy groups -OCH3 is 2. The predicted molar refractivity (Wildman–Crippen MR) is 171 cm³/mol. The first-order valence-electron chi connectivity index (χ1n) is 15.4. The van der Waals surface area contributed by atoms with Crippen LogP contribution in [0.5, 0.6) is 11.5 Å². The molecule has 3 heterocycles. The van der Waals surface area contributed by atoms with E-state index in [1.54, 1.807) is 26.4 Å². The Kier molecular flexibility index (Phi) is 7.59. The molecule has 7 rings (SSSR count). The Labute approximate surface area is 266 Å². The van der Waals surface area contributed by atoms with Gasteiger partial charge in [0.05, 0.1) is 31.7 Å². The molecule has 11 heteroatoms. The zero-order valence-electron chi connectivity index (χ0n) is 25.9. The number of carbonyl (C=O) groups excluding carboxylic acids is 3. The van der Waals surface area contributed by atoms with Gasteiger partial charge in [-0.15, -0.1) is 0 Å². The number of hydrogen-bond donors (Lipinski definition) is 0. The lowest BCUT2D eigenvalue weighted by Crippen LogP contribution is -2.45. The van der Waals surface area contributed by atoms with Crippen LogP contribution in [0.1, 0.15) is 42.0 Å². The summed E-state index contributed by atoms with van der Waals surface area (Å²) in [6, 6.07) is 20.4. The number of imide groups is 1. The van der Waals surface area contributed by atoms with E-state index in [2.05, 4.69) is 16.4 Å². The fourth-order valence-corrected chi connectivity index (χ4v) is 6.76. The van der Waals surface area contributed by atoms with Gasteiger partial charge >= 0.3 is 0 Å².